The van der Waals surface area contributed by atoms with Crippen molar-refractivity contribution >= 4 is 0 Å². The third-order valence-electron chi connectivity index (χ3n) is 2.15. The molecule has 0 saturated carbocycles. The van der Waals surface area contributed by atoms with E-state index in [1.54, 1.807) is 0 Å². The van der Waals surface area contributed by atoms with Gasteiger partial charge in [0.1, 0.15) is 11.6 Å². The van der Waals surface area contributed by atoms with E-state index >= 15 is 0 Å². The van der Waals surface area contributed by atoms with Gasteiger partial charge in [0.15, 0.2) is 6.10 Å². The van der Waals surface area contributed by atoms with Gasteiger partial charge < -0.3 is 5.11 Å². The number of hydrogen-bond acceptors (Lipinski definition) is 1. The molecule has 0 radical (unpaired) electrons. The molecule has 0 aliphatic carbocycles. The molecule has 0 aliphatic rings. The molecule has 0 bridgehead atoms. The average Bonchev–Trinajstić information content (AvgIpc) is 2.17. The standard InChI is InChI=1S/C10H9F5O/c1-5-2-3-7(11)6(9(5)12)4-8(16)10(13,14)15/h2-3,8,16H,4H2,1H3. The summed E-state index contributed by atoms with van der Waals surface area (Å²) in [6, 6.07) is 1.99. The topological polar surface area (TPSA) is 20.2 Å². The van der Waals surface area contributed by atoms with E-state index < -0.39 is 35.9 Å². The molecule has 90 valence electrons. The smallest absolute Gasteiger partial charge is 0.383 e. The fourth-order valence-corrected chi connectivity index (χ4v) is 1.21. The Balaban J connectivity index is 3.02. The number of halogens is 5. The summed E-state index contributed by atoms with van der Waals surface area (Å²) in [6.45, 7) is 1.30. The molecular formula is C10H9F5O. The van der Waals surface area contributed by atoms with Gasteiger partial charge in [-0.1, -0.05) is 6.07 Å². The monoisotopic (exact) mass is 240 g/mol. The molecule has 1 nitrogen and oxygen atoms in total. The van der Waals surface area contributed by atoms with Crippen LogP contribution in [0.5, 0.6) is 0 Å². The number of aryl methyl sites for hydroxylation is 1. The highest BCUT2D eigenvalue weighted by Crippen LogP contribution is 2.25. The van der Waals surface area contributed by atoms with Gasteiger partial charge in [-0.3, -0.25) is 0 Å². The van der Waals surface area contributed by atoms with Crippen LogP contribution in [0, 0.1) is 18.6 Å². The SMILES string of the molecule is Cc1ccc(F)c(CC(O)C(F)(F)F)c1F. The van der Waals surface area contributed by atoms with Gasteiger partial charge >= 0.3 is 6.18 Å². The fraction of sp³-hybridized carbons (Fsp3) is 0.400. The molecule has 1 unspecified atom stereocenters. The summed E-state index contributed by atoms with van der Waals surface area (Å²) in [5.74, 6) is -2.14. The van der Waals surface area contributed by atoms with Crippen molar-refractivity contribution in [3.05, 3.63) is 34.9 Å². The van der Waals surface area contributed by atoms with Crippen LogP contribution in [0.15, 0.2) is 12.1 Å². The van der Waals surface area contributed by atoms with Gasteiger partial charge in [0.2, 0.25) is 0 Å². The van der Waals surface area contributed by atoms with Gasteiger partial charge in [-0.05, 0) is 18.6 Å². The molecule has 1 rings (SSSR count). The van der Waals surface area contributed by atoms with Crippen LogP contribution < -0.4 is 0 Å². The maximum atomic E-state index is 13.3. The van der Waals surface area contributed by atoms with Gasteiger partial charge in [-0.25, -0.2) is 8.78 Å². The van der Waals surface area contributed by atoms with Crippen molar-refractivity contribution in [2.45, 2.75) is 25.6 Å². The van der Waals surface area contributed by atoms with E-state index in [4.69, 9.17) is 5.11 Å². The lowest BCUT2D eigenvalue weighted by molar-refractivity contribution is -0.203. The first-order chi connectivity index (χ1) is 7.23. The Kier molecular flexibility index (Phi) is 3.52. The van der Waals surface area contributed by atoms with E-state index in [0.29, 0.717) is 0 Å². The molecule has 6 heteroatoms. The molecule has 1 atom stereocenters. The van der Waals surface area contributed by atoms with Gasteiger partial charge in [0.05, 0.1) is 0 Å². The second kappa shape index (κ2) is 4.37. The van der Waals surface area contributed by atoms with Crippen LogP contribution in [0.2, 0.25) is 0 Å². The normalized spacial score (nSPS) is 13.9. The molecule has 0 heterocycles. The molecule has 0 saturated heterocycles. The molecule has 1 aromatic carbocycles. The highest BCUT2D eigenvalue weighted by Gasteiger charge is 2.39. The van der Waals surface area contributed by atoms with Crippen LogP contribution in [0.25, 0.3) is 0 Å². The summed E-state index contributed by atoms with van der Waals surface area (Å²) in [5.41, 5.74) is -0.712. The zero-order valence-electron chi connectivity index (χ0n) is 8.28. The van der Waals surface area contributed by atoms with Gasteiger partial charge in [0.25, 0.3) is 0 Å². The van der Waals surface area contributed by atoms with E-state index in [-0.39, 0.29) is 5.56 Å². The molecule has 0 spiro atoms. The summed E-state index contributed by atoms with van der Waals surface area (Å²) in [4.78, 5) is 0. The second-order valence-corrected chi connectivity index (χ2v) is 3.42. The number of aliphatic hydroxyl groups excluding tert-OH is 1. The van der Waals surface area contributed by atoms with Crippen LogP contribution in [0.4, 0.5) is 22.0 Å². The highest BCUT2D eigenvalue weighted by molar-refractivity contribution is 5.27. The predicted molar refractivity (Wildman–Crippen MR) is 46.9 cm³/mol. The summed E-state index contributed by atoms with van der Waals surface area (Å²) in [7, 11) is 0. The van der Waals surface area contributed by atoms with Crippen LogP contribution in [-0.4, -0.2) is 17.4 Å². The molecule has 0 aromatic heterocycles. The second-order valence-electron chi connectivity index (χ2n) is 3.42. The van der Waals surface area contributed by atoms with Crippen molar-refractivity contribution in [2.24, 2.45) is 0 Å². The first-order valence-electron chi connectivity index (χ1n) is 4.41. The Morgan fingerprint density at radius 2 is 1.81 bits per heavy atom. The molecule has 0 fully saturated rings. The molecule has 1 aromatic rings. The van der Waals surface area contributed by atoms with Crippen molar-refractivity contribution in [1.29, 1.82) is 0 Å². The first kappa shape index (κ1) is 12.9. The summed E-state index contributed by atoms with van der Waals surface area (Å²) < 4.78 is 62.4. The molecule has 0 aliphatic heterocycles. The van der Waals surface area contributed by atoms with E-state index in [2.05, 4.69) is 0 Å². The lowest BCUT2D eigenvalue weighted by atomic mass is 10.0. The third-order valence-corrected chi connectivity index (χ3v) is 2.15. The number of rotatable bonds is 2. The average molecular weight is 240 g/mol. The van der Waals surface area contributed by atoms with E-state index in [9.17, 15) is 22.0 Å². The molecular weight excluding hydrogens is 231 g/mol. The number of aliphatic hydroxyl groups is 1. The van der Waals surface area contributed by atoms with Crippen molar-refractivity contribution in [3.63, 3.8) is 0 Å². The Hall–Kier alpha value is -1.17. The largest absolute Gasteiger partial charge is 0.414 e. The molecule has 1 N–H and O–H groups in total. The zero-order chi connectivity index (χ0) is 12.5. The summed E-state index contributed by atoms with van der Waals surface area (Å²) >= 11 is 0. The van der Waals surface area contributed by atoms with Crippen molar-refractivity contribution in [3.8, 4) is 0 Å². The lowest BCUT2D eigenvalue weighted by Gasteiger charge is -2.15. The van der Waals surface area contributed by atoms with Crippen LogP contribution in [0.1, 0.15) is 11.1 Å². The number of benzene rings is 1. The van der Waals surface area contributed by atoms with Gasteiger partial charge in [-0.2, -0.15) is 13.2 Å². The minimum atomic E-state index is -4.89. The third kappa shape index (κ3) is 2.69. The summed E-state index contributed by atoms with van der Waals surface area (Å²) in [6.07, 6.45) is -8.77. The maximum absolute atomic E-state index is 13.3. The Morgan fingerprint density at radius 3 is 2.31 bits per heavy atom. The molecule has 0 amide bonds. The van der Waals surface area contributed by atoms with E-state index in [0.717, 1.165) is 12.1 Å². The first-order valence-corrected chi connectivity index (χ1v) is 4.41. The fourth-order valence-electron chi connectivity index (χ4n) is 1.21. The maximum Gasteiger partial charge on any atom is 0.414 e. The van der Waals surface area contributed by atoms with Crippen molar-refractivity contribution in [2.75, 3.05) is 0 Å². The minimum Gasteiger partial charge on any atom is -0.383 e. The molecule has 16 heavy (non-hydrogen) atoms. The van der Waals surface area contributed by atoms with Crippen molar-refractivity contribution < 1.29 is 27.1 Å². The zero-order valence-corrected chi connectivity index (χ0v) is 8.28. The van der Waals surface area contributed by atoms with Crippen LogP contribution in [0.3, 0.4) is 0 Å². The Labute approximate surface area is 88.5 Å². The van der Waals surface area contributed by atoms with Gasteiger partial charge in [0, 0.05) is 12.0 Å². The van der Waals surface area contributed by atoms with Crippen molar-refractivity contribution in [1.82, 2.24) is 0 Å². The number of alkyl halides is 3. The highest BCUT2D eigenvalue weighted by atomic mass is 19.4. The van der Waals surface area contributed by atoms with Crippen LogP contribution >= 0.6 is 0 Å². The van der Waals surface area contributed by atoms with E-state index in [1.165, 1.54) is 6.92 Å². The number of hydrogen-bond donors (Lipinski definition) is 1. The quantitative estimate of drug-likeness (QED) is 0.788. The van der Waals surface area contributed by atoms with E-state index in [1.807, 2.05) is 0 Å². The van der Waals surface area contributed by atoms with Crippen LogP contribution in [-0.2, 0) is 6.42 Å². The Bertz CT molecular complexity index is 386. The Morgan fingerprint density at radius 1 is 1.25 bits per heavy atom. The predicted octanol–water partition coefficient (Wildman–Crippen LogP) is 2.74. The summed E-state index contributed by atoms with van der Waals surface area (Å²) in [5, 5.41) is 8.72. The minimum absolute atomic E-state index is 0.0331. The lowest BCUT2D eigenvalue weighted by Crippen LogP contribution is -2.31. The van der Waals surface area contributed by atoms with Gasteiger partial charge in [-0.15, -0.1) is 0 Å².